The molecule has 1 aromatic carbocycles. The van der Waals surface area contributed by atoms with Crippen LogP contribution in [-0.4, -0.2) is 60.3 Å². The van der Waals surface area contributed by atoms with Crippen molar-refractivity contribution in [2.45, 2.75) is 44.5 Å². The van der Waals surface area contributed by atoms with Crippen LogP contribution in [0.25, 0.3) is 0 Å². The van der Waals surface area contributed by atoms with Gasteiger partial charge in [-0.15, -0.1) is 0 Å². The van der Waals surface area contributed by atoms with Crippen molar-refractivity contribution in [2.75, 3.05) is 49.1 Å². The number of aliphatic hydroxyl groups excluding tert-OH is 1. The Labute approximate surface area is 222 Å². The summed E-state index contributed by atoms with van der Waals surface area (Å²) in [7, 11) is 0. The lowest BCUT2D eigenvalue weighted by Gasteiger charge is -2.35. The first-order chi connectivity index (χ1) is 18.4. The van der Waals surface area contributed by atoms with E-state index in [-0.39, 0.29) is 43.2 Å². The van der Waals surface area contributed by atoms with E-state index < -0.39 is 29.7 Å². The van der Waals surface area contributed by atoms with Crippen molar-refractivity contribution >= 4 is 17.5 Å². The highest BCUT2D eigenvalue weighted by Gasteiger charge is 2.37. The van der Waals surface area contributed by atoms with Crippen LogP contribution in [0.2, 0.25) is 0 Å². The molecule has 1 atom stereocenters. The Balaban J connectivity index is 1.39. The fourth-order valence-electron chi connectivity index (χ4n) is 4.95. The highest BCUT2D eigenvalue weighted by molar-refractivity contribution is 5.79. The van der Waals surface area contributed by atoms with E-state index in [2.05, 4.69) is 15.3 Å². The van der Waals surface area contributed by atoms with Crippen molar-refractivity contribution < 1.29 is 36.2 Å². The zero-order chi connectivity index (χ0) is 28.2. The van der Waals surface area contributed by atoms with Crippen LogP contribution in [0, 0.1) is 11.8 Å². The molecular weight excluding hydrogens is 528 g/mol. The molecule has 2 saturated heterocycles. The lowest BCUT2D eigenvalue weighted by molar-refractivity contribution is -0.145. The van der Waals surface area contributed by atoms with Crippen LogP contribution in [0.1, 0.15) is 42.6 Å². The Morgan fingerprint density at radius 1 is 0.923 bits per heavy atom. The van der Waals surface area contributed by atoms with Crippen LogP contribution in [0.4, 0.5) is 38.0 Å². The van der Waals surface area contributed by atoms with E-state index in [9.17, 15) is 36.2 Å². The molecular formula is C26H31F6N5O2. The molecule has 1 unspecified atom stereocenters. The molecule has 0 bridgehead atoms. The van der Waals surface area contributed by atoms with Crippen molar-refractivity contribution in [3.8, 4) is 0 Å². The number of hydrogen-bond acceptors (Lipinski definition) is 6. The number of anilines is 2. The standard InChI is InChI=1S/C26H31F6N5O2/c27-25(28,29)20-5-3-17(4-6-20)7-10-33-23(39)19-2-1-11-37(15-19)22-14-21(34-24(35-22)26(30,31)32)36-12-8-18(16-38)9-13-36/h3-6,14,18-19,38H,1-2,7-13,15-16H2,(H,33,39). The van der Waals surface area contributed by atoms with E-state index in [4.69, 9.17) is 0 Å². The van der Waals surface area contributed by atoms with Gasteiger partial charge >= 0.3 is 12.4 Å². The highest BCUT2D eigenvalue weighted by atomic mass is 19.4. The number of nitrogens with zero attached hydrogens (tertiary/aromatic N) is 4. The molecule has 13 heteroatoms. The quantitative estimate of drug-likeness (QED) is 0.493. The summed E-state index contributed by atoms with van der Waals surface area (Å²) in [5.74, 6) is -1.57. The minimum Gasteiger partial charge on any atom is -0.396 e. The summed E-state index contributed by atoms with van der Waals surface area (Å²) in [5.41, 5.74) is -0.0985. The van der Waals surface area contributed by atoms with Crippen LogP contribution in [0.3, 0.4) is 0 Å². The van der Waals surface area contributed by atoms with Crippen molar-refractivity contribution in [2.24, 2.45) is 11.8 Å². The van der Waals surface area contributed by atoms with Crippen LogP contribution in [-0.2, 0) is 23.6 Å². The number of benzene rings is 1. The minimum absolute atomic E-state index is 0.0399. The zero-order valence-electron chi connectivity index (χ0n) is 21.2. The molecule has 3 heterocycles. The van der Waals surface area contributed by atoms with Gasteiger partial charge in [0.05, 0.1) is 11.5 Å². The number of rotatable bonds is 7. The summed E-state index contributed by atoms with van der Waals surface area (Å²) in [6, 6.07) is 6.26. The Bertz CT molecular complexity index is 1120. The Morgan fingerprint density at radius 2 is 1.56 bits per heavy atom. The lowest BCUT2D eigenvalue weighted by Crippen LogP contribution is -2.44. The van der Waals surface area contributed by atoms with Gasteiger partial charge in [-0.25, -0.2) is 9.97 Å². The molecule has 2 aliphatic rings. The van der Waals surface area contributed by atoms with Gasteiger partial charge in [0.2, 0.25) is 11.7 Å². The molecule has 214 valence electrons. The Hall–Kier alpha value is -3.09. The van der Waals surface area contributed by atoms with E-state index >= 15 is 0 Å². The maximum Gasteiger partial charge on any atom is 0.451 e. The molecule has 1 amide bonds. The molecule has 0 spiro atoms. The van der Waals surface area contributed by atoms with E-state index in [0.717, 1.165) is 12.1 Å². The van der Waals surface area contributed by atoms with Gasteiger partial charge in [0, 0.05) is 45.4 Å². The van der Waals surface area contributed by atoms with Gasteiger partial charge in [0.25, 0.3) is 0 Å². The molecule has 2 N–H and O–H groups in total. The summed E-state index contributed by atoms with van der Waals surface area (Å²) < 4.78 is 79.1. The van der Waals surface area contributed by atoms with Gasteiger partial charge in [-0.05, 0) is 55.7 Å². The van der Waals surface area contributed by atoms with E-state index in [1.54, 1.807) is 9.80 Å². The largest absolute Gasteiger partial charge is 0.451 e. The topological polar surface area (TPSA) is 81.6 Å². The predicted molar refractivity (Wildman–Crippen MR) is 132 cm³/mol. The zero-order valence-corrected chi connectivity index (χ0v) is 21.2. The average molecular weight is 560 g/mol. The number of piperidine rings is 2. The van der Waals surface area contributed by atoms with E-state index in [1.807, 2.05) is 0 Å². The Kier molecular flexibility index (Phi) is 8.87. The predicted octanol–water partition coefficient (Wildman–Crippen LogP) is 4.30. The summed E-state index contributed by atoms with van der Waals surface area (Å²) in [5, 5.41) is 12.2. The maximum absolute atomic E-state index is 13.6. The molecule has 7 nitrogen and oxygen atoms in total. The fourth-order valence-corrected chi connectivity index (χ4v) is 4.95. The van der Waals surface area contributed by atoms with Crippen molar-refractivity contribution in [1.82, 2.24) is 15.3 Å². The van der Waals surface area contributed by atoms with Crippen LogP contribution < -0.4 is 15.1 Å². The maximum atomic E-state index is 13.6. The number of alkyl halides is 6. The molecule has 2 aliphatic heterocycles. The van der Waals surface area contributed by atoms with Crippen LogP contribution in [0.5, 0.6) is 0 Å². The van der Waals surface area contributed by atoms with Crippen LogP contribution in [0.15, 0.2) is 30.3 Å². The lowest BCUT2D eigenvalue weighted by atomic mass is 9.97. The molecule has 0 saturated carbocycles. The monoisotopic (exact) mass is 559 g/mol. The number of aliphatic hydroxyl groups is 1. The van der Waals surface area contributed by atoms with E-state index in [0.29, 0.717) is 57.3 Å². The van der Waals surface area contributed by atoms with Crippen molar-refractivity contribution in [3.05, 3.63) is 47.3 Å². The molecule has 1 aromatic heterocycles. The molecule has 4 rings (SSSR count). The number of halogens is 6. The first kappa shape index (κ1) is 28.9. The number of nitrogens with one attached hydrogen (secondary N) is 1. The smallest absolute Gasteiger partial charge is 0.396 e. The first-order valence-corrected chi connectivity index (χ1v) is 12.9. The second-order valence-corrected chi connectivity index (χ2v) is 10.0. The third kappa shape index (κ3) is 7.52. The fraction of sp³-hybridized carbons (Fsp3) is 0.577. The summed E-state index contributed by atoms with van der Waals surface area (Å²) in [6.07, 6.45) is -6.37. The van der Waals surface area contributed by atoms with E-state index in [1.165, 1.54) is 18.2 Å². The molecule has 2 aromatic rings. The van der Waals surface area contributed by atoms with Gasteiger partial charge < -0.3 is 20.2 Å². The number of amides is 1. The van der Waals surface area contributed by atoms with Crippen molar-refractivity contribution in [3.63, 3.8) is 0 Å². The highest BCUT2D eigenvalue weighted by Crippen LogP contribution is 2.33. The number of aromatic nitrogens is 2. The van der Waals surface area contributed by atoms with Gasteiger partial charge in [0.1, 0.15) is 11.6 Å². The molecule has 0 aliphatic carbocycles. The summed E-state index contributed by atoms with van der Waals surface area (Å²) in [6.45, 7) is 1.84. The van der Waals surface area contributed by atoms with Gasteiger partial charge in [-0.3, -0.25) is 4.79 Å². The second kappa shape index (κ2) is 12.0. The summed E-state index contributed by atoms with van der Waals surface area (Å²) >= 11 is 0. The minimum atomic E-state index is -4.74. The summed E-state index contributed by atoms with van der Waals surface area (Å²) in [4.78, 5) is 23.8. The number of carbonyl (C=O) groups excluding carboxylic acids is 1. The molecule has 39 heavy (non-hydrogen) atoms. The average Bonchev–Trinajstić information content (AvgIpc) is 2.92. The van der Waals surface area contributed by atoms with Crippen LogP contribution >= 0.6 is 0 Å². The third-order valence-electron chi connectivity index (χ3n) is 7.26. The van der Waals surface area contributed by atoms with Gasteiger partial charge in [-0.1, -0.05) is 12.1 Å². The van der Waals surface area contributed by atoms with Gasteiger partial charge in [-0.2, -0.15) is 26.3 Å². The van der Waals surface area contributed by atoms with Crippen molar-refractivity contribution in [1.29, 1.82) is 0 Å². The molecule has 0 radical (unpaired) electrons. The second-order valence-electron chi connectivity index (χ2n) is 10.0. The molecule has 2 fully saturated rings. The number of carbonyl (C=O) groups is 1. The third-order valence-corrected chi connectivity index (χ3v) is 7.26. The SMILES string of the molecule is O=C(NCCc1ccc(C(F)(F)F)cc1)C1CCCN(c2cc(N3CCC(CO)CC3)nc(C(F)(F)F)n2)C1. The Morgan fingerprint density at radius 3 is 2.15 bits per heavy atom. The first-order valence-electron chi connectivity index (χ1n) is 12.9. The normalized spacial score (nSPS) is 19.3. The van der Waals surface area contributed by atoms with Gasteiger partial charge in [0.15, 0.2) is 0 Å². The number of hydrogen-bond donors (Lipinski definition) is 2.